The van der Waals surface area contributed by atoms with E-state index in [1.807, 2.05) is 13.0 Å². The van der Waals surface area contributed by atoms with Crippen molar-refractivity contribution >= 4 is 17.4 Å². The van der Waals surface area contributed by atoms with Crippen LogP contribution in [0.2, 0.25) is 0 Å². The summed E-state index contributed by atoms with van der Waals surface area (Å²) in [7, 11) is 0. The quantitative estimate of drug-likeness (QED) is 0.636. The Labute approximate surface area is 112 Å². The number of nitrogens with zero attached hydrogens (tertiary/aromatic N) is 1. The first-order valence-electron chi connectivity index (χ1n) is 5.48. The van der Waals surface area contributed by atoms with Crippen molar-refractivity contribution in [3.8, 4) is 6.07 Å². The molecule has 0 aliphatic heterocycles. The number of nitriles is 1. The molecule has 0 amide bonds. The molecule has 2 nitrogen and oxygen atoms in total. The van der Waals surface area contributed by atoms with Crippen molar-refractivity contribution in [2.75, 3.05) is 17.6 Å². The number of nitrogens with one attached hydrogen (secondary N) is 1. The van der Waals surface area contributed by atoms with E-state index in [2.05, 4.69) is 5.32 Å². The van der Waals surface area contributed by atoms with E-state index in [0.29, 0.717) is 10.6 Å². The van der Waals surface area contributed by atoms with Crippen LogP contribution in [0.15, 0.2) is 23.1 Å². The van der Waals surface area contributed by atoms with Crippen molar-refractivity contribution in [1.29, 1.82) is 5.26 Å². The summed E-state index contributed by atoms with van der Waals surface area (Å²) in [5.41, 5.74) is 0.334. The van der Waals surface area contributed by atoms with Gasteiger partial charge in [0.05, 0.1) is 17.8 Å². The van der Waals surface area contributed by atoms with Crippen LogP contribution in [0.25, 0.3) is 0 Å². The molecule has 1 N–H and O–H groups in total. The zero-order chi connectivity index (χ0) is 14.5. The number of hydrogen-bond donors (Lipinski definition) is 1. The van der Waals surface area contributed by atoms with E-state index in [1.165, 1.54) is 17.8 Å². The van der Waals surface area contributed by atoms with E-state index in [0.717, 1.165) is 0 Å². The zero-order valence-electron chi connectivity index (χ0n) is 10.1. The maximum absolute atomic E-state index is 12.8. The maximum Gasteiger partial charge on any atom is 0.324 e. The molecule has 0 bridgehead atoms. The molecule has 0 heterocycles. The number of alkyl halides is 4. The van der Waals surface area contributed by atoms with Gasteiger partial charge in [-0.05, 0) is 17.9 Å². The van der Waals surface area contributed by atoms with Crippen LogP contribution in [0.4, 0.5) is 23.2 Å². The molecular formula is C12H12F4N2S. The van der Waals surface area contributed by atoms with Gasteiger partial charge in [0.25, 0.3) is 0 Å². The molecule has 1 rings (SSSR count). The zero-order valence-corrected chi connectivity index (χ0v) is 10.9. The second-order valence-electron chi connectivity index (χ2n) is 3.64. The lowest BCUT2D eigenvalue weighted by Gasteiger charge is -2.17. The van der Waals surface area contributed by atoms with Gasteiger partial charge in [0.2, 0.25) is 0 Å². The highest BCUT2D eigenvalue weighted by atomic mass is 32.2. The van der Waals surface area contributed by atoms with Gasteiger partial charge in [-0.2, -0.15) is 14.0 Å². The molecule has 0 unspecified atom stereocenters. The van der Waals surface area contributed by atoms with Crippen molar-refractivity contribution in [1.82, 2.24) is 0 Å². The Kier molecular flexibility index (Phi) is 5.48. The average molecular weight is 292 g/mol. The smallest absolute Gasteiger partial charge is 0.324 e. The van der Waals surface area contributed by atoms with E-state index in [-0.39, 0.29) is 11.3 Å². The van der Waals surface area contributed by atoms with Gasteiger partial charge in [-0.15, -0.1) is 11.8 Å². The SMILES string of the molecule is CCSc1cccc(NCC(F)(F)C(F)F)c1C#N. The summed E-state index contributed by atoms with van der Waals surface area (Å²) in [5.74, 6) is -3.41. The number of benzene rings is 1. The second kappa shape index (κ2) is 6.66. The fraction of sp³-hybridized carbons (Fsp3) is 0.417. The lowest BCUT2D eigenvalue weighted by Crippen LogP contribution is -2.35. The summed E-state index contributed by atoms with van der Waals surface area (Å²) in [6, 6.07) is 6.58. The van der Waals surface area contributed by atoms with Crippen LogP contribution in [0.1, 0.15) is 12.5 Å². The van der Waals surface area contributed by atoms with Gasteiger partial charge < -0.3 is 5.32 Å². The summed E-state index contributed by atoms with van der Waals surface area (Å²) < 4.78 is 49.7. The van der Waals surface area contributed by atoms with Gasteiger partial charge in [0, 0.05) is 4.90 Å². The molecule has 0 aromatic heterocycles. The highest BCUT2D eigenvalue weighted by Gasteiger charge is 2.40. The molecule has 7 heteroatoms. The average Bonchev–Trinajstić information content (AvgIpc) is 2.36. The molecular weight excluding hydrogens is 280 g/mol. The minimum Gasteiger partial charge on any atom is -0.378 e. The maximum atomic E-state index is 12.8. The van der Waals surface area contributed by atoms with Gasteiger partial charge in [-0.1, -0.05) is 13.0 Å². The monoisotopic (exact) mass is 292 g/mol. The molecule has 0 spiro atoms. The molecule has 0 saturated heterocycles. The first-order chi connectivity index (χ1) is 8.92. The molecule has 0 fully saturated rings. The molecule has 19 heavy (non-hydrogen) atoms. The van der Waals surface area contributed by atoms with Crippen LogP contribution in [0, 0.1) is 11.3 Å². The lowest BCUT2D eigenvalue weighted by atomic mass is 10.2. The minimum absolute atomic E-state index is 0.140. The predicted molar refractivity (Wildman–Crippen MR) is 67.0 cm³/mol. The Bertz CT molecular complexity index is 471. The fourth-order valence-electron chi connectivity index (χ4n) is 1.36. The van der Waals surface area contributed by atoms with Crippen LogP contribution in [-0.2, 0) is 0 Å². The normalized spacial score (nSPS) is 11.4. The van der Waals surface area contributed by atoms with Crippen molar-refractivity contribution in [3.63, 3.8) is 0 Å². The van der Waals surface area contributed by atoms with Crippen molar-refractivity contribution < 1.29 is 17.6 Å². The lowest BCUT2D eigenvalue weighted by molar-refractivity contribution is -0.117. The Balaban J connectivity index is 2.90. The summed E-state index contributed by atoms with van der Waals surface area (Å²) in [6.45, 7) is 0.677. The first-order valence-corrected chi connectivity index (χ1v) is 6.46. The van der Waals surface area contributed by atoms with Crippen LogP contribution >= 0.6 is 11.8 Å². The summed E-state index contributed by atoms with van der Waals surface area (Å²) >= 11 is 1.38. The van der Waals surface area contributed by atoms with Gasteiger partial charge in [0.15, 0.2) is 0 Å². The van der Waals surface area contributed by atoms with E-state index >= 15 is 0 Å². The van der Waals surface area contributed by atoms with E-state index in [9.17, 15) is 17.6 Å². The third-order valence-electron chi connectivity index (χ3n) is 2.27. The molecule has 0 aliphatic carbocycles. The topological polar surface area (TPSA) is 35.8 Å². The molecule has 0 saturated carbocycles. The fourth-order valence-corrected chi connectivity index (χ4v) is 2.15. The number of thioether (sulfide) groups is 1. The Hall–Kier alpha value is -1.42. The Morgan fingerprint density at radius 1 is 1.42 bits per heavy atom. The van der Waals surface area contributed by atoms with Gasteiger partial charge in [0.1, 0.15) is 6.07 Å². The molecule has 1 aromatic rings. The largest absolute Gasteiger partial charge is 0.378 e. The van der Waals surface area contributed by atoms with E-state index in [1.54, 1.807) is 12.1 Å². The van der Waals surface area contributed by atoms with E-state index in [4.69, 9.17) is 5.26 Å². The molecule has 1 aromatic carbocycles. The number of rotatable bonds is 6. The van der Waals surface area contributed by atoms with Crippen molar-refractivity contribution in [2.45, 2.75) is 24.2 Å². The van der Waals surface area contributed by atoms with Crippen LogP contribution < -0.4 is 5.32 Å². The highest BCUT2D eigenvalue weighted by Crippen LogP contribution is 2.29. The van der Waals surface area contributed by atoms with Gasteiger partial charge >= 0.3 is 12.3 Å². The summed E-state index contributed by atoms with van der Waals surface area (Å²) in [5, 5.41) is 11.2. The highest BCUT2D eigenvalue weighted by molar-refractivity contribution is 7.99. The van der Waals surface area contributed by atoms with Crippen LogP contribution in [0.5, 0.6) is 0 Å². The minimum atomic E-state index is -4.12. The standard InChI is InChI=1S/C12H12F4N2S/c1-2-19-10-5-3-4-9(8(10)6-17)18-7-12(15,16)11(13)14/h3-5,11,18H,2,7H2,1H3. The number of anilines is 1. The third-order valence-corrected chi connectivity index (χ3v) is 3.21. The molecule has 0 atom stereocenters. The molecule has 0 aliphatic rings. The second-order valence-corrected chi connectivity index (χ2v) is 4.94. The van der Waals surface area contributed by atoms with Gasteiger partial charge in [-0.3, -0.25) is 0 Å². The third kappa shape index (κ3) is 4.03. The van der Waals surface area contributed by atoms with Crippen molar-refractivity contribution in [3.05, 3.63) is 23.8 Å². The van der Waals surface area contributed by atoms with Crippen LogP contribution in [-0.4, -0.2) is 24.6 Å². The Morgan fingerprint density at radius 2 is 2.11 bits per heavy atom. The van der Waals surface area contributed by atoms with Crippen molar-refractivity contribution in [2.24, 2.45) is 0 Å². The molecule has 104 valence electrons. The van der Waals surface area contributed by atoms with Gasteiger partial charge in [-0.25, -0.2) is 8.78 Å². The van der Waals surface area contributed by atoms with E-state index < -0.39 is 18.9 Å². The number of hydrogen-bond acceptors (Lipinski definition) is 3. The number of halogens is 4. The molecule has 0 radical (unpaired) electrons. The van der Waals surface area contributed by atoms with Crippen LogP contribution in [0.3, 0.4) is 0 Å². The Morgan fingerprint density at radius 3 is 2.63 bits per heavy atom. The summed E-state index contributed by atoms with van der Waals surface area (Å²) in [6.07, 6.45) is -3.74. The summed E-state index contributed by atoms with van der Waals surface area (Å²) in [4.78, 5) is 0.635. The first kappa shape index (κ1) is 15.6. The predicted octanol–water partition coefficient (Wildman–Crippen LogP) is 3.98.